The number of ether oxygens (including phenoxy) is 2. The summed E-state index contributed by atoms with van der Waals surface area (Å²) in [6.07, 6.45) is 5.44. The Morgan fingerprint density at radius 1 is 1.46 bits per heavy atom. The van der Waals surface area contributed by atoms with Crippen LogP contribution in [0, 0.1) is 0 Å². The van der Waals surface area contributed by atoms with Crippen molar-refractivity contribution in [3.05, 3.63) is 52.5 Å². The molecule has 1 saturated heterocycles. The van der Waals surface area contributed by atoms with Crippen molar-refractivity contribution < 1.29 is 35.9 Å². The zero-order valence-corrected chi connectivity index (χ0v) is 16.7. The van der Waals surface area contributed by atoms with E-state index in [1.54, 1.807) is 41.5 Å². The van der Waals surface area contributed by atoms with Crippen LogP contribution < -0.4 is 12.4 Å². The van der Waals surface area contributed by atoms with E-state index in [9.17, 15) is 8.42 Å². The molecule has 3 rings (SSSR count). The summed E-state index contributed by atoms with van der Waals surface area (Å²) in [5.74, 6) is -1.20. The van der Waals surface area contributed by atoms with Crippen LogP contribution in [-0.2, 0) is 36.1 Å². The van der Waals surface area contributed by atoms with Crippen molar-refractivity contribution in [2.75, 3.05) is 19.5 Å². The maximum atomic E-state index is 11.2. The summed E-state index contributed by atoms with van der Waals surface area (Å²) in [6.45, 7) is 0.294. The molecule has 2 unspecified atom stereocenters. The van der Waals surface area contributed by atoms with E-state index in [1.807, 2.05) is 0 Å². The van der Waals surface area contributed by atoms with Gasteiger partial charge >= 0.3 is 1.43 Å². The number of hydrogen-bond acceptors (Lipinski definition) is 6. The fourth-order valence-electron chi connectivity index (χ4n) is 2.57. The van der Waals surface area contributed by atoms with Crippen LogP contribution in [0.15, 0.2) is 36.9 Å². The highest BCUT2D eigenvalue weighted by Crippen LogP contribution is 2.40. The van der Waals surface area contributed by atoms with E-state index in [1.165, 1.54) is 0 Å². The highest BCUT2D eigenvalue weighted by Gasteiger charge is 2.45. The normalized spacial score (nSPS) is 23.0. The van der Waals surface area contributed by atoms with Gasteiger partial charge in [0, 0.05) is 23.0 Å². The minimum Gasteiger partial charge on any atom is -1.00 e. The number of benzene rings is 1. The van der Waals surface area contributed by atoms with Gasteiger partial charge in [-0.05, 0) is 12.1 Å². The summed E-state index contributed by atoms with van der Waals surface area (Å²) >= 11 is 12.3. The third-order valence-corrected chi connectivity index (χ3v) is 4.73. The average molecular weight is 444 g/mol. The molecule has 0 saturated carbocycles. The molecule has 2 aromatic rings. The maximum Gasteiger partial charge on any atom is 1.00 e. The second-order valence-corrected chi connectivity index (χ2v) is 8.14. The van der Waals surface area contributed by atoms with Crippen molar-refractivity contribution in [3.8, 4) is 0 Å². The summed E-state index contributed by atoms with van der Waals surface area (Å²) in [5, 5.41) is 0.874. The Labute approximate surface area is 169 Å². The van der Waals surface area contributed by atoms with Crippen LogP contribution in [0.1, 0.15) is 6.99 Å². The molecule has 0 amide bonds. The van der Waals surface area contributed by atoms with Crippen LogP contribution in [0.2, 0.25) is 10.0 Å². The Hall–Kier alpha value is -0.870. The quantitative estimate of drug-likeness (QED) is 0.563. The van der Waals surface area contributed by atoms with Gasteiger partial charge in [-0.1, -0.05) is 29.3 Å². The van der Waals surface area contributed by atoms with Crippen molar-refractivity contribution in [2.45, 2.75) is 18.4 Å². The largest absolute Gasteiger partial charge is 1.00 e. The molecule has 1 fully saturated rings. The van der Waals surface area contributed by atoms with Gasteiger partial charge in [-0.15, -0.1) is 0 Å². The number of rotatable bonds is 6. The summed E-state index contributed by atoms with van der Waals surface area (Å²) < 4.78 is 41.0. The van der Waals surface area contributed by atoms with Crippen molar-refractivity contribution in [1.29, 1.82) is 0 Å². The van der Waals surface area contributed by atoms with Gasteiger partial charge in [0.1, 0.15) is 6.10 Å². The molecule has 26 heavy (non-hydrogen) atoms. The van der Waals surface area contributed by atoms with E-state index < -0.39 is 22.0 Å². The lowest BCUT2D eigenvalue weighted by Crippen LogP contribution is -3.00. The van der Waals surface area contributed by atoms with Gasteiger partial charge in [0.05, 0.1) is 37.4 Å². The molecular formula is C15H17Cl3N2O5S. The van der Waals surface area contributed by atoms with Crippen LogP contribution >= 0.6 is 23.2 Å². The summed E-state index contributed by atoms with van der Waals surface area (Å²) in [5.41, 5.74) is 0.592. The van der Waals surface area contributed by atoms with Gasteiger partial charge in [-0.25, -0.2) is 4.98 Å². The molecule has 0 spiro atoms. The minimum absolute atomic E-state index is 0. The fourth-order valence-corrected chi connectivity index (χ4v) is 3.53. The Bertz CT molecular complexity index is 853. The van der Waals surface area contributed by atoms with Crippen LogP contribution in [-0.4, -0.2) is 43.5 Å². The first-order valence-electron chi connectivity index (χ1n) is 7.35. The van der Waals surface area contributed by atoms with E-state index in [-0.39, 0.29) is 33.6 Å². The zero-order chi connectivity index (χ0) is 18.1. The molecule has 0 aliphatic carbocycles. The number of halogens is 3. The monoisotopic (exact) mass is 442 g/mol. The van der Waals surface area contributed by atoms with Crippen LogP contribution in [0.5, 0.6) is 0 Å². The van der Waals surface area contributed by atoms with Crippen LogP contribution in [0.4, 0.5) is 0 Å². The van der Waals surface area contributed by atoms with Crippen molar-refractivity contribution in [3.63, 3.8) is 0 Å². The smallest absolute Gasteiger partial charge is 1.00 e. The molecule has 2 atom stereocenters. The Balaban J connectivity index is 0.00000182. The molecule has 1 aromatic carbocycles. The van der Waals surface area contributed by atoms with Gasteiger partial charge in [0.2, 0.25) is 5.79 Å². The first-order valence-corrected chi connectivity index (χ1v) is 9.92. The number of hydrogen-bond donors (Lipinski definition) is 0. The topological polar surface area (TPSA) is 79.7 Å². The predicted octanol–water partition coefficient (Wildman–Crippen LogP) is -0.449. The van der Waals surface area contributed by atoms with Gasteiger partial charge < -0.3 is 26.4 Å². The molecule has 0 bridgehead atoms. The minimum atomic E-state index is -3.57. The molecule has 0 radical (unpaired) electrons. The zero-order valence-electron chi connectivity index (χ0n) is 14.6. The third-order valence-electron chi connectivity index (χ3n) is 3.62. The molecule has 0 N–H and O–H groups in total. The Kier molecular flexibility index (Phi) is 6.95. The molecule has 2 heterocycles. The SMILES string of the molecule is CS(=O)(=O)OCC1COC(Cn2ccnc2)(c2ccc(Cl)cc2Cl)O1.[Cl-].[H+]. The van der Waals surface area contributed by atoms with Crippen molar-refractivity contribution in [2.24, 2.45) is 0 Å². The average Bonchev–Trinajstić information content (AvgIpc) is 3.15. The summed E-state index contributed by atoms with van der Waals surface area (Å²) in [7, 11) is -3.57. The molecule has 1 aliphatic rings. The third kappa shape index (κ3) is 5.10. The maximum absolute atomic E-state index is 11.2. The Morgan fingerprint density at radius 3 is 2.85 bits per heavy atom. The summed E-state index contributed by atoms with van der Waals surface area (Å²) in [4.78, 5) is 4.01. The molecule has 144 valence electrons. The highest BCUT2D eigenvalue weighted by molar-refractivity contribution is 7.85. The second kappa shape index (κ2) is 8.43. The molecule has 1 aliphatic heterocycles. The first kappa shape index (κ1) is 21.4. The van der Waals surface area contributed by atoms with Gasteiger partial charge in [0.25, 0.3) is 10.1 Å². The van der Waals surface area contributed by atoms with E-state index in [0.29, 0.717) is 15.6 Å². The van der Waals surface area contributed by atoms with Crippen LogP contribution in [0.3, 0.4) is 0 Å². The van der Waals surface area contributed by atoms with E-state index in [4.69, 9.17) is 36.9 Å². The number of aromatic nitrogens is 2. The van der Waals surface area contributed by atoms with E-state index >= 15 is 0 Å². The standard InChI is InChI=1S/C15H16Cl2N2O5S.ClH/c1-25(20,21)23-8-12-7-22-15(24-12,9-19-5-4-18-10-19)13-3-2-11(16)6-14(13)17;/h2-6,10,12H,7-9H2,1H3;1H. The van der Waals surface area contributed by atoms with Crippen molar-refractivity contribution in [1.82, 2.24) is 9.55 Å². The lowest BCUT2D eigenvalue weighted by molar-refractivity contribution is -0.189. The molecule has 1 aromatic heterocycles. The highest BCUT2D eigenvalue weighted by atomic mass is 35.5. The van der Waals surface area contributed by atoms with Crippen LogP contribution in [0.25, 0.3) is 0 Å². The number of nitrogens with zero attached hydrogens (tertiary/aromatic N) is 2. The van der Waals surface area contributed by atoms with Gasteiger partial charge in [0.15, 0.2) is 0 Å². The fraction of sp³-hybridized carbons (Fsp3) is 0.400. The van der Waals surface area contributed by atoms with Gasteiger partial charge in [-0.2, -0.15) is 8.42 Å². The Morgan fingerprint density at radius 2 is 2.23 bits per heavy atom. The first-order chi connectivity index (χ1) is 11.8. The molecule has 11 heteroatoms. The molecular weight excluding hydrogens is 427 g/mol. The predicted molar refractivity (Wildman–Crippen MR) is 93.1 cm³/mol. The van der Waals surface area contributed by atoms with Gasteiger partial charge in [-0.3, -0.25) is 4.18 Å². The lowest BCUT2D eigenvalue weighted by atomic mass is 10.1. The molecule has 7 nitrogen and oxygen atoms in total. The lowest BCUT2D eigenvalue weighted by Gasteiger charge is -2.29. The summed E-state index contributed by atoms with van der Waals surface area (Å²) in [6, 6.07) is 5.01. The van der Waals surface area contributed by atoms with E-state index in [0.717, 1.165) is 6.26 Å². The van der Waals surface area contributed by atoms with E-state index in [2.05, 4.69) is 4.98 Å². The van der Waals surface area contributed by atoms with Crippen molar-refractivity contribution >= 4 is 33.3 Å². The second-order valence-electron chi connectivity index (χ2n) is 5.65. The number of imidazole rings is 1.